The summed E-state index contributed by atoms with van der Waals surface area (Å²) in [5.41, 5.74) is 3.56. The minimum absolute atomic E-state index is 0.0651. The smallest absolute Gasteiger partial charge is 0.351 e. The Balaban J connectivity index is 1.31. The highest BCUT2D eigenvalue weighted by Crippen LogP contribution is 2.68. The Kier molecular flexibility index (Phi) is 7.36. The monoisotopic (exact) mass is 610 g/mol. The molecule has 0 aliphatic heterocycles. The SMILES string of the molecule is Cc1ncsc1C(=O)O[C@]1(C(=O)S)CCC2[C@@H]3CCC4=CC([NH2+]c5ccc(F)cc5)=C(C=N)C[C@]4(C)C3[C@@H](O)C[C@@]21C. The van der Waals surface area contributed by atoms with Crippen LogP contribution in [0.25, 0.3) is 0 Å². The molecular formula is C32H37FN3O4S2+. The van der Waals surface area contributed by atoms with Gasteiger partial charge in [-0.15, -0.1) is 24.0 Å². The third kappa shape index (κ3) is 4.36. The molecule has 4 N–H and O–H groups in total. The standard InChI is InChI=1S/C32H36FN3O4S2/c1-17-27(42-16-35-17)28(38)40-32(29(39)41)11-10-23-22-9-4-19-12-24(36-21-7-5-20(33)6-8-21)18(15-34)13-30(19,2)26(22)25(37)14-31(23,32)3/h5-8,12,15-16,22-23,25-26,34,36-37H,4,9-11,13-14H2,1-3H3,(H,39,41)/p+1/t22-,23?,25-,26?,30-,31-,32-/m0/s1. The van der Waals surface area contributed by atoms with E-state index < -0.39 is 28.2 Å². The Hall–Kier alpha value is -2.66. The minimum atomic E-state index is -1.43. The first-order valence-corrected chi connectivity index (χ1v) is 15.9. The van der Waals surface area contributed by atoms with Crippen molar-refractivity contribution in [1.29, 1.82) is 5.41 Å². The number of fused-ring (bicyclic) bond motifs is 5. The van der Waals surface area contributed by atoms with Crippen LogP contribution in [-0.4, -0.2) is 39.1 Å². The molecule has 4 aliphatic rings. The minimum Gasteiger partial charge on any atom is -0.445 e. The van der Waals surface area contributed by atoms with Gasteiger partial charge in [0.1, 0.15) is 22.1 Å². The first kappa shape index (κ1) is 29.4. The first-order valence-electron chi connectivity index (χ1n) is 14.5. The maximum Gasteiger partial charge on any atom is 0.351 e. The second-order valence-electron chi connectivity index (χ2n) is 12.9. The van der Waals surface area contributed by atoms with E-state index in [-0.39, 0.29) is 29.0 Å². The summed E-state index contributed by atoms with van der Waals surface area (Å²) in [7, 11) is 0. The summed E-state index contributed by atoms with van der Waals surface area (Å²) < 4.78 is 19.6. The molecule has 6 rings (SSSR count). The molecule has 1 aromatic heterocycles. The number of nitrogens with one attached hydrogen (secondary N) is 1. The molecular weight excluding hydrogens is 574 g/mol. The van der Waals surface area contributed by atoms with Crippen LogP contribution in [-0.2, 0) is 9.53 Å². The van der Waals surface area contributed by atoms with Crippen LogP contribution in [0, 0.1) is 46.7 Å². The number of allylic oxidation sites excluding steroid dienone is 3. The molecule has 3 saturated carbocycles. The number of aryl methyl sites for hydroxylation is 1. The van der Waals surface area contributed by atoms with Crippen molar-refractivity contribution in [2.24, 2.45) is 28.6 Å². The number of carbonyl (C=O) groups excluding carboxylic acids is 2. The molecule has 2 unspecified atom stereocenters. The van der Waals surface area contributed by atoms with Gasteiger partial charge in [-0.3, -0.25) is 10.1 Å². The molecule has 4 aliphatic carbocycles. The molecule has 1 heterocycles. The molecule has 7 atom stereocenters. The van der Waals surface area contributed by atoms with Gasteiger partial charge in [-0.2, -0.15) is 0 Å². The second-order valence-corrected chi connectivity index (χ2v) is 14.2. The lowest BCUT2D eigenvalue weighted by atomic mass is 9.45. The third-order valence-corrected chi connectivity index (χ3v) is 12.2. The van der Waals surface area contributed by atoms with Gasteiger partial charge in [0.05, 0.1) is 17.3 Å². The van der Waals surface area contributed by atoms with Crippen LogP contribution in [0.2, 0.25) is 0 Å². The highest BCUT2D eigenvalue weighted by molar-refractivity contribution is 7.96. The van der Waals surface area contributed by atoms with Gasteiger partial charge >= 0.3 is 5.97 Å². The quantitative estimate of drug-likeness (QED) is 0.154. The van der Waals surface area contributed by atoms with Gasteiger partial charge in [0.25, 0.3) is 0 Å². The number of aliphatic hydroxyl groups excluding tert-OH is 1. The van der Waals surface area contributed by atoms with E-state index in [1.54, 1.807) is 24.6 Å². The van der Waals surface area contributed by atoms with Crippen LogP contribution in [0.1, 0.15) is 67.7 Å². The number of aliphatic hydroxyl groups is 1. The molecule has 7 nitrogen and oxygen atoms in total. The predicted octanol–water partition coefficient (Wildman–Crippen LogP) is 5.28. The van der Waals surface area contributed by atoms with E-state index >= 15 is 0 Å². The maximum atomic E-state index is 13.5. The average Bonchev–Trinajstić information content (AvgIpc) is 3.50. The fourth-order valence-corrected chi connectivity index (χ4v) is 10.1. The normalized spacial score (nSPS) is 35.5. The lowest BCUT2D eigenvalue weighted by Gasteiger charge is -2.60. The van der Waals surface area contributed by atoms with Crippen molar-refractivity contribution in [2.45, 2.75) is 71.0 Å². The van der Waals surface area contributed by atoms with Gasteiger partial charge in [0, 0.05) is 29.3 Å². The van der Waals surface area contributed by atoms with Gasteiger partial charge in [0.2, 0.25) is 5.12 Å². The molecule has 0 spiro atoms. The largest absolute Gasteiger partial charge is 0.445 e. The Bertz CT molecular complexity index is 1520. The van der Waals surface area contributed by atoms with Crippen molar-refractivity contribution >= 4 is 47.0 Å². The fraction of sp³-hybridized carbons (Fsp3) is 0.500. The summed E-state index contributed by atoms with van der Waals surface area (Å²) in [6, 6.07) is 6.34. The number of esters is 1. The Labute approximate surface area is 254 Å². The van der Waals surface area contributed by atoms with Crippen molar-refractivity contribution in [3.63, 3.8) is 0 Å². The molecule has 10 heteroatoms. The number of quaternary nitrogens is 1. The molecule has 222 valence electrons. The number of aromatic nitrogens is 1. The lowest BCUT2D eigenvalue weighted by molar-refractivity contribution is -0.513. The van der Waals surface area contributed by atoms with E-state index in [0.29, 0.717) is 36.3 Å². The number of hydrogen-bond donors (Lipinski definition) is 4. The van der Waals surface area contributed by atoms with Crippen LogP contribution < -0.4 is 5.32 Å². The molecule has 0 radical (unpaired) electrons. The van der Waals surface area contributed by atoms with Crippen LogP contribution >= 0.6 is 24.0 Å². The number of hydrogen-bond acceptors (Lipinski definition) is 7. The van der Waals surface area contributed by atoms with Crippen molar-refractivity contribution < 1.29 is 29.1 Å². The zero-order valence-electron chi connectivity index (χ0n) is 24.0. The summed E-state index contributed by atoms with van der Waals surface area (Å²) in [4.78, 5) is 31.1. The Morgan fingerprint density at radius 3 is 2.64 bits per heavy atom. The van der Waals surface area contributed by atoms with Gasteiger partial charge in [-0.05, 0) is 86.8 Å². The van der Waals surface area contributed by atoms with E-state index in [4.69, 9.17) is 10.1 Å². The molecule has 0 amide bonds. The highest BCUT2D eigenvalue weighted by Gasteiger charge is 2.70. The van der Waals surface area contributed by atoms with Crippen molar-refractivity contribution in [2.75, 3.05) is 0 Å². The molecule has 3 fully saturated rings. The highest BCUT2D eigenvalue weighted by atomic mass is 32.1. The zero-order valence-corrected chi connectivity index (χ0v) is 25.7. The van der Waals surface area contributed by atoms with E-state index in [1.165, 1.54) is 35.3 Å². The zero-order chi connectivity index (χ0) is 30.0. The number of thiazole rings is 1. The van der Waals surface area contributed by atoms with E-state index in [1.807, 2.05) is 12.2 Å². The number of halogens is 1. The van der Waals surface area contributed by atoms with Crippen LogP contribution in [0.4, 0.5) is 10.1 Å². The Morgan fingerprint density at radius 1 is 1.26 bits per heavy atom. The first-order chi connectivity index (χ1) is 19.9. The molecule has 42 heavy (non-hydrogen) atoms. The summed E-state index contributed by atoms with van der Waals surface area (Å²) in [6.07, 6.45) is 6.55. The Morgan fingerprint density at radius 2 is 2.00 bits per heavy atom. The van der Waals surface area contributed by atoms with Crippen molar-refractivity contribution in [3.8, 4) is 0 Å². The van der Waals surface area contributed by atoms with E-state index in [9.17, 15) is 19.1 Å². The summed E-state index contributed by atoms with van der Waals surface area (Å²) in [5, 5.41) is 21.7. The van der Waals surface area contributed by atoms with Crippen LogP contribution in [0.5, 0.6) is 0 Å². The topological polar surface area (TPSA) is 117 Å². The lowest BCUT2D eigenvalue weighted by Crippen LogP contribution is -2.76. The number of nitrogens with two attached hydrogens (primary N) is 1. The number of carbonyl (C=O) groups is 2. The molecule has 1 aromatic carbocycles. The molecule has 0 bridgehead atoms. The van der Waals surface area contributed by atoms with Gasteiger partial charge in [-0.25, -0.2) is 14.2 Å². The van der Waals surface area contributed by atoms with Crippen molar-refractivity contribution in [3.05, 3.63) is 69.1 Å². The predicted molar refractivity (Wildman–Crippen MR) is 161 cm³/mol. The van der Waals surface area contributed by atoms with Gasteiger partial charge in [-0.1, -0.05) is 19.4 Å². The van der Waals surface area contributed by atoms with Gasteiger partial charge in [0.15, 0.2) is 5.60 Å². The number of rotatable bonds is 6. The summed E-state index contributed by atoms with van der Waals surface area (Å²) in [5.74, 6) is -0.731. The third-order valence-electron chi connectivity index (χ3n) is 11.0. The molecule has 0 saturated heterocycles. The molecule has 2 aromatic rings. The van der Waals surface area contributed by atoms with Gasteiger partial charge < -0.3 is 15.3 Å². The number of ether oxygens (including phenoxy) is 1. The average molecular weight is 611 g/mol. The second kappa shape index (κ2) is 10.5. The van der Waals surface area contributed by atoms with Crippen LogP contribution in [0.3, 0.4) is 0 Å². The summed E-state index contributed by atoms with van der Waals surface area (Å²) >= 11 is 5.49. The fourth-order valence-electron chi connectivity index (χ4n) is 8.98. The van der Waals surface area contributed by atoms with E-state index in [0.717, 1.165) is 29.8 Å². The number of benzene rings is 1. The maximum absolute atomic E-state index is 13.5. The number of thiol groups is 1. The number of nitrogens with zero attached hydrogens (tertiary/aromatic N) is 1. The summed E-state index contributed by atoms with van der Waals surface area (Å²) in [6.45, 7) is 5.95. The van der Waals surface area contributed by atoms with Crippen molar-refractivity contribution in [1.82, 2.24) is 4.98 Å². The van der Waals surface area contributed by atoms with E-state index in [2.05, 4.69) is 30.6 Å². The van der Waals surface area contributed by atoms with Crippen LogP contribution in [0.15, 0.2) is 52.7 Å².